The first-order chi connectivity index (χ1) is 13.3. The van der Waals surface area contributed by atoms with Crippen LogP contribution in [0.15, 0.2) is 30.6 Å². The summed E-state index contributed by atoms with van der Waals surface area (Å²) in [5.41, 5.74) is 3.43. The summed E-state index contributed by atoms with van der Waals surface area (Å²) in [6.45, 7) is 7.24. The molecule has 0 unspecified atom stereocenters. The van der Waals surface area contributed by atoms with Gasteiger partial charge >= 0.3 is 0 Å². The molecule has 6 nitrogen and oxygen atoms in total. The van der Waals surface area contributed by atoms with Crippen LogP contribution in [-0.4, -0.2) is 26.2 Å². The molecule has 0 aromatic carbocycles. The number of thiazole rings is 1. The SMILES string of the molecule is CC(=O)c1sc(NC(=O)c2sc3nc(C)cc(C)c3c2-n2cccc2)nc1C. The Morgan fingerprint density at radius 3 is 2.39 bits per heavy atom. The molecule has 0 spiro atoms. The normalized spacial score (nSPS) is 11.1. The molecule has 0 radical (unpaired) electrons. The molecule has 4 heterocycles. The summed E-state index contributed by atoms with van der Waals surface area (Å²) >= 11 is 2.56. The Labute approximate surface area is 169 Å². The maximum absolute atomic E-state index is 13.1. The molecule has 0 bridgehead atoms. The predicted octanol–water partition coefficient (Wildman–Crippen LogP) is 4.92. The molecule has 0 aliphatic heterocycles. The fraction of sp³-hybridized carbons (Fsp3) is 0.200. The van der Waals surface area contributed by atoms with E-state index in [0.717, 1.165) is 27.2 Å². The molecule has 142 valence electrons. The average molecular weight is 411 g/mol. The summed E-state index contributed by atoms with van der Waals surface area (Å²) in [7, 11) is 0. The Balaban J connectivity index is 1.83. The Bertz CT molecular complexity index is 1220. The van der Waals surface area contributed by atoms with Gasteiger partial charge in [-0.05, 0) is 44.5 Å². The van der Waals surface area contributed by atoms with Gasteiger partial charge in [-0.15, -0.1) is 11.3 Å². The van der Waals surface area contributed by atoms with E-state index in [4.69, 9.17) is 0 Å². The summed E-state index contributed by atoms with van der Waals surface area (Å²) in [5.74, 6) is -0.312. The molecule has 4 aromatic heterocycles. The highest BCUT2D eigenvalue weighted by Gasteiger charge is 2.23. The van der Waals surface area contributed by atoms with Crippen molar-refractivity contribution in [2.75, 3.05) is 5.32 Å². The third kappa shape index (κ3) is 3.14. The number of pyridine rings is 1. The van der Waals surface area contributed by atoms with E-state index in [1.165, 1.54) is 29.6 Å². The number of rotatable bonds is 4. The van der Waals surface area contributed by atoms with E-state index in [2.05, 4.69) is 15.3 Å². The van der Waals surface area contributed by atoms with Gasteiger partial charge in [-0.1, -0.05) is 11.3 Å². The number of carbonyl (C=O) groups excluding carboxylic acids is 2. The monoisotopic (exact) mass is 410 g/mol. The van der Waals surface area contributed by atoms with Gasteiger partial charge in [0.2, 0.25) is 0 Å². The maximum Gasteiger partial charge on any atom is 0.269 e. The highest BCUT2D eigenvalue weighted by Crippen LogP contribution is 2.36. The van der Waals surface area contributed by atoms with Crippen LogP contribution in [0.3, 0.4) is 0 Å². The molecule has 1 amide bonds. The zero-order valence-electron chi connectivity index (χ0n) is 15.9. The summed E-state index contributed by atoms with van der Waals surface area (Å²) in [4.78, 5) is 35.7. The first kappa shape index (κ1) is 18.5. The van der Waals surface area contributed by atoms with Gasteiger partial charge in [0.25, 0.3) is 5.91 Å². The van der Waals surface area contributed by atoms with Crippen LogP contribution in [-0.2, 0) is 0 Å². The minimum absolute atomic E-state index is 0.0549. The number of aryl methyl sites for hydroxylation is 3. The number of fused-ring (bicyclic) bond motifs is 1. The Hall–Kier alpha value is -2.84. The maximum atomic E-state index is 13.1. The zero-order chi connectivity index (χ0) is 20.0. The topological polar surface area (TPSA) is 76.9 Å². The van der Waals surface area contributed by atoms with E-state index in [1.54, 1.807) is 6.92 Å². The van der Waals surface area contributed by atoms with Crippen LogP contribution in [0.5, 0.6) is 0 Å². The number of Topliss-reactive ketones (excluding diaryl/α,β-unsaturated/α-hetero) is 1. The minimum atomic E-state index is -0.257. The number of amides is 1. The van der Waals surface area contributed by atoms with Crippen molar-refractivity contribution in [2.24, 2.45) is 0 Å². The van der Waals surface area contributed by atoms with Gasteiger partial charge in [0.05, 0.1) is 16.3 Å². The van der Waals surface area contributed by atoms with Gasteiger partial charge in [0, 0.05) is 30.4 Å². The van der Waals surface area contributed by atoms with Crippen molar-refractivity contribution in [1.29, 1.82) is 0 Å². The van der Waals surface area contributed by atoms with Crippen molar-refractivity contribution < 1.29 is 9.59 Å². The number of aromatic nitrogens is 3. The number of ketones is 1. The predicted molar refractivity (Wildman–Crippen MR) is 113 cm³/mol. The third-order valence-electron chi connectivity index (χ3n) is 4.37. The molecule has 0 aliphatic rings. The smallest absolute Gasteiger partial charge is 0.269 e. The fourth-order valence-electron chi connectivity index (χ4n) is 3.24. The third-order valence-corrected chi connectivity index (χ3v) is 6.61. The van der Waals surface area contributed by atoms with Crippen LogP contribution in [0.1, 0.15) is 43.2 Å². The van der Waals surface area contributed by atoms with Gasteiger partial charge in [0.1, 0.15) is 9.71 Å². The molecule has 0 aliphatic carbocycles. The van der Waals surface area contributed by atoms with Gasteiger partial charge in [-0.3, -0.25) is 14.9 Å². The minimum Gasteiger partial charge on any atom is -0.322 e. The molecular weight excluding hydrogens is 392 g/mol. The van der Waals surface area contributed by atoms with E-state index in [0.29, 0.717) is 20.6 Å². The first-order valence-electron chi connectivity index (χ1n) is 8.69. The number of carbonyl (C=O) groups is 2. The van der Waals surface area contributed by atoms with Crippen molar-refractivity contribution in [1.82, 2.24) is 14.5 Å². The molecule has 28 heavy (non-hydrogen) atoms. The molecule has 4 aromatic rings. The Morgan fingerprint density at radius 2 is 1.75 bits per heavy atom. The molecule has 1 N–H and O–H groups in total. The second kappa shape index (κ2) is 6.96. The van der Waals surface area contributed by atoms with Crippen molar-refractivity contribution in [3.05, 3.63) is 57.3 Å². The van der Waals surface area contributed by atoms with Crippen molar-refractivity contribution in [3.8, 4) is 5.69 Å². The number of hydrogen-bond acceptors (Lipinski definition) is 6. The van der Waals surface area contributed by atoms with Crippen LogP contribution in [0, 0.1) is 20.8 Å². The summed E-state index contributed by atoms with van der Waals surface area (Å²) < 4.78 is 1.94. The highest BCUT2D eigenvalue weighted by molar-refractivity contribution is 7.21. The van der Waals surface area contributed by atoms with E-state index in [1.807, 2.05) is 49.0 Å². The lowest BCUT2D eigenvalue weighted by molar-refractivity contribution is 0.101. The number of hydrogen-bond donors (Lipinski definition) is 1. The van der Waals surface area contributed by atoms with Crippen LogP contribution in [0.2, 0.25) is 0 Å². The number of thiophene rings is 1. The first-order valence-corrected chi connectivity index (χ1v) is 10.3. The van der Waals surface area contributed by atoms with E-state index in [-0.39, 0.29) is 11.7 Å². The highest BCUT2D eigenvalue weighted by atomic mass is 32.1. The molecule has 0 saturated heterocycles. The standard InChI is InChI=1S/C20H18N4O2S2/c1-10-9-11(2)21-19-14(10)15(24-7-5-6-8-24)17(27-19)18(26)23-20-22-12(3)16(28-20)13(4)25/h5-9H,1-4H3,(H,22,23,26). The van der Waals surface area contributed by atoms with Crippen molar-refractivity contribution >= 4 is 49.7 Å². The summed E-state index contributed by atoms with van der Waals surface area (Å²) in [6.07, 6.45) is 3.83. The van der Waals surface area contributed by atoms with Gasteiger partial charge in [-0.25, -0.2) is 9.97 Å². The Kier molecular flexibility index (Phi) is 4.60. The van der Waals surface area contributed by atoms with E-state index < -0.39 is 0 Å². The molecule has 0 atom stereocenters. The summed E-state index contributed by atoms with van der Waals surface area (Å²) in [6, 6.07) is 5.87. The van der Waals surface area contributed by atoms with Gasteiger partial charge < -0.3 is 4.57 Å². The van der Waals surface area contributed by atoms with Crippen molar-refractivity contribution in [3.63, 3.8) is 0 Å². The van der Waals surface area contributed by atoms with Gasteiger partial charge in [-0.2, -0.15) is 0 Å². The lowest BCUT2D eigenvalue weighted by atomic mass is 10.1. The largest absolute Gasteiger partial charge is 0.322 e. The molecule has 8 heteroatoms. The molecule has 0 fully saturated rings. The van der Waals surface area contributed by atoms with Crippen LogP contribution in [0.4, 0.5) is 5.13 Å². The fourth-order valence-corrected chi connectivity index (χ4v) is 5.28. The average Bonchev–Trinajstić information content (AvgIpc) is 3.32. The molecule has 0 saturated carbocycles. The lowest BCUT2D eigenvalue weighted by Crippen LogP contribution is -2.12. The second-order valence-corrected chi connectivity index (χ2v) is 8.57. The van der Waals surface area contributed by atoms with E-state index in [9.17, 15) is 9.59 Å². The van der Waals surface area contributed by atoms with Gasteiger partial charge in [0.15, 0.2) is 10.9 Å². The summed E-state index contributed by atoms with van der Waals surface area (Å²) in [5, 5.41) is 4.25. The van der Waals surface area contributed by atoms with Crippen LogP contribution >= 0.6 is 22.7 Å². The second-order valence-electron chi connectivity index (χ2n) is 6.57. The van der Waals surface area contributed by atoms with Crippen LogP contribution < -0.4 is 5.32 Å². The van der Waals surface area contributed by atoms with E-state index >= 15 is 0 Å². The molecular formula is C20H18N4O2S2. The lowest BCUT2D eigenvalue weighted by Gasteiger charge is -2.07. The van der Waals surface area contributed by atoms with Crippen LogP contribution in [0.25, 0.3) is 15.9 Å². The number of nitrogens with one attached hydrogen (secondary N) is 1. The Morgan fingerprint density at radius 1 is 1.04 bits per heavy atom. The quantitative estimate of drug-likeness (QED) is 0.484. The zero-order valence-corrected chi connectivity index (χ0v) is 17.5. The number of anilines is 1. The van der Waals surface area contributed by atoms with Crippen molar-refractivity contribution in [2.45, 2.75) is 27.7 Å². The number of nitrogens with zero attached hydrogens (tertiary/aromatic N) is 3. The molecule has 4 rings (SSSR count).